The van der Waals surface area contributed by atoms with E-state index in [-0.39, 0.29) is 0 Å². The Morgan fingerprint density at radius 2 is 1.89 bits per heavy atom. The lowest BCUT2D eigenvalue weighted by molar-refractivity contribution is 0.356. The number of anilines is 1. The molecule has 144 valence electrons. The summed E-state index contributed by atoms with van der Waals surface area (Å²) in [4.78, 5) is 11.0. The number of hydrogen-bond acceptors (Lipinski definition) is 7. The zero-order chi connectivity index (χ0) is 19.0. The lowest BCUT2D eigenvalue weighted by Gasteiger charge is -2.34. The molecule has 0 N–H and O–H groups in total. The summed E-state index contributed by atoms with van der Waals surface area (Å²) in [6.07, 6.45) is 0.751. The third kappa shape index (κ3) is 3.44. The van der Waals surface area contributed by atoms with Crippen molar-refractivity contribution in [1.82, 2.24) is 14.3 Å². The van der Waals surface area contributed by atoms with Gasteiger partial charge in [0.1, 0.15) is 17.4 Å². The second kappa shape index (κ2) is 6.97. The number of hydrogen-bond donors (Lipinski definition) is 0. The Bertz CT molecular complexity index is 956. The summed E-state index contributed by atoms with van der Waals surface area (Å²) in [5.41, 5.74) is 0.957. The molecule has 2 aliphatic rings. The molecule has 4 rings (SSSR count). The highest BCUT2D eigenvalue weighted by Gasteiger charge is 2.30. The van der Waals surface area contributed by atoms with Gasteiger partial charge in [-0.05, 0) is 30.7 Å². The maximum Gasteiger partial charge on any atom is 0.243 e. The number of aromatic nitrogens is 2. The van der Waals surface area contributed by atoms with Gasteiger partial charge in [0, 0.05) is 38.7 Å². The minimum Gasteiger partial charge on any atom is -0.493 e. The van der Waals surface area contributed by atoms with E-state index in [0.717, 1.165) is 23.6 Å². The van der Waals surface area contributed by atoms with Crippen molar-refractivity contribution in [2.24, 2.45) is 0 Å². The summed E-state index contributed by atoms with van der Waals surface area (Å²) < 4.78 is 38.2. The van der Waals surface area contributed by atoms with E-state index < -0.39 is 10.0 Å². The molecule has 1 aromatic heterocycles. The standard InChI is InChI=1S/C18H22N4O4S/c1-13-19-17(12-18(20-13)25-2)21-6-8-22(9-7-21)27(23,24)15-3-4-16-14(11-15)5-10-26-16/h3-4,11-12H,5-10H2,1-2H3. The first kappa shape index (κ1) is 18.0. The fourth-order valence-corrected chi connectivity index (χ4v) is 4.90. The second-order valence-corrected chi connectivity index (χ2v) is 8.51. The quantitative estimate of drug-likeness (QED) is 0.776. The topological polar surface area (TPSA) is 84.9 Å². The Balaban J connectivity index is 1.49. The zero-order valence-electron chi connectivity index (χ0n) is 15.4. The summed E-state index contributed by atoms with van der Waals surface area (Å²) >= 11 is 0. The first-order valence-corrected chi connectivity index (χ1v) is 10.3. The van der Waals surface area contributed by atoms with Gasteiger partial charge in [-0.15, -0.1) is 0 Å². The molecular weight excluding hydrogens is 368 g/mol. The summed E-state index contributed by atoms with van der Waals surface area (Å²) in [6, 6.07) is 6.90. The van der Waals surface area contributed by atoms with Gasteiger partial charge in [-0.3, -0.25) is 0 Å². The van der Waals surface area contributed by atoms with Gasteiger partial charge < -0.3 is 14.4 Å². The number of aryl methyl sites for hydroxylation is 1. The van der Waals surface area contributed by atoms with Crippen molar-refractivity contribution >= 4 is 15.8 Å². The summed E-state index contributed by atoms with van der Waals surface area (Å²) in [7, 11) is -1.95. The number of ether oxygens (including phenoxy) is 2. The van der Waals surface area contributed by atoms with E-state index >= 15 is 0 Å². The summed E-state index contributed by atoms with van der Waals surface area (Å²) in [5.74, 6) is 2.67. The Morgan fingerprint density at radius 1 is 1.11 bits per heavy atom. The number of rotatable bonds is 4. The van der Waals surface area contributed by atoms with E-state index in [0.29, 0.717) is 49.4 Å². The van der Waals surface area contributed by atoms with Crippen molar-refractivity contribution in [3.63, 3.8) is 0 Å². The van der Waals surface area contributed by atoms with Crippen LogP contribution in [-0.4, -0.2) is 62.6 Å². The second-order valence-electron chi connectivity index (χ2n) is 6.57. The van der Waals surface area contributed by atoms with E-state index in [1.807, 2.05) is 6.92 Å². The van der Waals surface area contributed by atoms with Crippen LogP contribution in [0.15, 0.2) is 29.2 Å². The Kier molecular flexibility index (Phi) is 4.65. The molecule has 27 heavy (non-hydrogen) atoms. The molecule has 1 aromatic carbocycles. The highest BCUT2D eigenvalue weighted by atomic mass is 32.2. The first-order chi connectivity index (χ1) is 13.0. The highest BCUT2D eigenvalue weighted by Crippen LogP contribution is 2.29. The predicted molar refractivity (Wildman–Crippen MR) is 99.9 cm³/mol. The predicted octanol–water partition coefficient (Wildman–Crippen LogP) is 1.24. The number of sulfonamides is 1. The van der Waals surface area contributed by atoms with Crippen LogP contribution >= 0.6 is 0 Å². The zero-order valence-corrected chi connectivity index (χ0v) is 16.2. The Morgan fingerprint density at radius 3 is 2.63 bits per heavy atom. The minimum absolute atomic E-state index is 0.333. The maximum atomic E-state index is 13.0. The molecule has 2 aromatic rings. The van der Waals surface area contributed by atoms with Crippen molar-refractivity contribution in [2.75, 3.05) is 44.8 Å². The third-order valence-corrected chi connectivity index (χ3v) is 6.77. The molecule has 0 atom stereocenters. The van der Waals surface area contributed by atoms with Crippen molar-refractivity contribution in [3.05, 3.63) is 35.7 Å². The van der Waals surface area contributed by atoms with Gasteiger partial charge >= 0.3 is 0 Å². The molecule has 0 saturated carbocycles. The molecule has 1 fully saturated rings. The Labute approximate surface area is 158 Å². The fraction of sp³-hybridized carbons (Fsp3) is 0.444. The molecule has 0 bridgehead atoms. The van der Waals surface area contributed by atoms with Crippen LogP contribution in [0.1, 0.15) is 11.4 Å². The van der Waals surface area contributed by atoms with Gasteiger partial charge in [0.15, 0.2) is 0 Å². The molecule has 2 aliphatic heterocycles. The SMILES string of the molecule is COc1cc(N2CCN(S(=O)(=O)c3ccc4c(c3)CCO4)CC2)nc(C)n1. The van der Waals surface area contributed by atoms with Crippen LogP contribution in [0.4, 0.5) is 5.82 Å². The number of methoxy groups -OCH3 is 1. The van der Waals surface area contributed by atoms with Crippen LogP contribution in [0.2, 0.25) is 0 Å². The van der Waals surface area contributed by atoms with Gasteiger partial charge in [0.05, 0.1) is 18.6 Å². The molecule has 9 heteroatoms. The Hall–Kier alpha value is -2.39. The highest BCUT2D eigenvalue weighted by molar-refractivity contribution is 7.89. The maximum absolute atomic E-state index is 13.0. The number of piperazine rings is 1. The molecule has 3 heterocycles. The van der Waals surface area contributed by atoms with Gasteiger partial charge in [-0.2, -0.15) is 9.29 Å². The number of nitrogens with zero attached hydrogens (tertiary/aromatic N) is 4. The average molecular weight is 390 g/mol. The number of fused-ring (bicyclic) bond motifs is 1. The summed E-state index contributed by atoms with van der Waals surface area (Å²) in [5, 5.41) is 0. The van der Waals surface area contributed by atoms with Crippen LogP contribution in [0, 0.1) is 6.92 Å². The van der Waals surface area contributed by atoms with Gasteiger partial charge in [-0.25, -0.2) is 13.4 Å². The fourth-order valence-electron chi connectivity index (χ4n) is 3.42. The van der Waals surface area contributed by atoms with Crippen LogP contribution < -0.4 is 14.4 Å². The van der Waals surface area contributed by atoms with Crippen LogP contribution in [0.3, 0.4) is 0 Å². The third-order valence-electron chi connectivity index (χ3n) is 4.87. The van der Waals surface area contributed by atoms with Gasteiger partial charge in [0.25, 0.3) is 0 Å². The van der Waals surface area contributed by atoms with Gasteiger partial charge in [-0.1, -0.05) is 0 Å². The molecule has 0 spiro atoms. The van der Waals surface area contributed by atoms with Gasteiger partial charge in [0.2, 0.25) is 15.9 Å². The molecule has 0 unspecified atom stereocenters. The van der Waals surface area contributed by atoms with E-state index in [1.54, 1.807) is 31.4 Å². The van der Waals surface area contributed by atoms with Crippen LogP contribution in [-0.2, 0) is 16.4 Å². The van der Waals surface area contributed by atoms with E-state index in [9.17, 15) is 8.42 Å². The molecule has 8 nitrogen and oxygen atoms in total. The van der Waals surface area contributed by atoms with Crippen molar-refractivity contribution in [2.45, 2.75) is 18.2 Å². The molecular formula is C18H22N4O4S. The minimum atomic E-state index is -3.52. The van der Waals surface area contributed by atoms with Crippen LogP contribution in [0.5, 0.6) is 11.6 Å². The van der Waals surface area contributed by atoms with E-state index in [4.69, 9.17) is 9.47 Å². The van der Waals surface area contributed by atoms with Crippen LogP contribution in [0.25, 0.3) is 0 Å². The van der Waals surface area contributed by atoms with Crippen molar-refractivity contribution in [1.29, 1.82) is 0 Å². The van der Waals surface area contributed by atoms with Crippen molar-refractivity contribution in [3.8, 4) is 11.6 Å². The summed E-state index contributed by atoms with van der Waals surface area (Å²) in [6.45, 7) is 4.35. The smallest absolute Gasteiger partial charge is 0.243 e. The lowest BCUT2D eigenvalue weighted by atomic mass is 10.2. The molecule has 0 amide bonds. The monoisotopic (exact) mass is 390 g/mol. The molecule has 0 radical (unpaired) electrons. The normalized spacial score (nSPS) is 17.5. The largest absolute Gasteiger partial charge is 0.493 e. The van der Waals surface area contributed by atoms with E-state index in [2.05, 4.69) is 14.9 Å². The molecule has 0 aliphatic carbocycles. The average Bonchev–Trinajstić information content (AvgIpc) is 3.15. The lowest BCUT2D eigenvalue weighted by Crippen LogP contribution is -2.49. The van der Waals surface area contributed by atoms with Crippen molar-refractivity contribution < 1.29 is 17.9 Å². The molecule has 1 saturated heterocycles. The first-order valence-electron chi connectivity index (χ1n) is 8.88. The number of benzene rings is 1. The van der Waals surface area contributed by atoms with E-state index in [1.165, 1.54) is 4.31 Å².